The Kier molecular flexibility index (Phi) is 6.60. The zero-order valence-corrected chi connectivity index (χ0v) is 17.4. The molecular weight excluding hydrogens is 401 g/mol. The summed E-state index contributed by atoms with van der Waals surface area (Å²) in [6, 6.07) is 5.68. The molecule has 1 aromatic carbocycles. The molecule has 3 fully saturated rings. The van der Waals surface area contributed by atoms with Gasteiger partial charge in [-0.05, 0) is 18.2 Å². The Morgan fingerprint density at radius 1 is 1.14 bits per heavy atom. The molecule has 2 amide bonds. The molecule has 154 valence electrons. The molecule has 4 rings (SSSR count). The fourth-order valence-corrected chi connectivity index (χ4v) is 4.21. The van der Waals surface area contributed by atoms with Gasteiger partial charge in [-0.3, -0.25) is 9.80 Å². The van der Waals surface area contributed by atoms with Crippen LogP contribution in [0.3, 0.4) is 0 Å². The predicted octanol–water partition coefficient (Wildman–Crippen LogP) is 1.82. The number of carbonyl (C=O) groups is 1. The maximum atomic E-state index is 12.5. The van der Waals surface area contributed by atoms with Crippen LogP contribution >= 0.6 is 23.2 Å². The highest BCUT2D eigenvalue weighted by molar-refractivity contribution is 6.42. The van der Waals surface area contributed by atoms with Crippen LogP contribution in [-0.2, 0) is 4.74 Å². The number of anilines is 1. The van der Waals surface area contributed by atoms with Gasteiger partial charge in [0.05, 0.1) is 22.8 Å². The number of piperazine rings is 1. The number of halogens is 2. The largest absolute Gasteiger partial charge is 0.374 e. The molecule has 0 radical (unpaired) electrons. The summed E-state index contributed by atoms with van der Waals surface area (Å²) in [6.07, 6.45) is 0.255. The fourth-order valence-electron chi connectivity index (χ4n) is 3.91. The standard InChI is InChI=1S/C19H27Cl2N5O2/c20-17-2-1-14(9-18(17)21)23-19(27)25-5-3-24(4-6-25)12-16-13-26(7-8-28-16)15-10-22-11-15/h1-2,9,15-16,22H,3-8,10-13H2,(H,23,27)/t16-/m0/s1. The first-order chi connectivity index (χ1) is 13.6. The summed E-state index contributed by atoms with van der Waals surface area (Å²) in [6.45, 7) is 9.10. The highest BCUT2D eigenvalue weighted by Gasteiger charge is 2.31. The van der Waals surface area contributed by atoms with Crippen LogP contribution in [-0.4, -0.2) is 98.4 Å². The van der Waals surface area contributed by atoms with Crippen molar-refractivity contribution in [2.24, 2.45) is 0 Å². The number of ether oxygens (including phenoxy) is 1. The van der Waals surface area contributed by atoms with E-state index in [1.165, 1.54) is 0 Å². The zero-order valence-electron chi connectivity index (χ0n) is 15.9. The lowest BCUT2D eigenvalue weighted by atomic mass is 10.1. The lowest BCUT2D eigenvalue weighted by Gasteiger charge is -2.44. The zero-order chi connectivity index (χ0) is 19.5. The van der Waals surface area contributed by atoms with Gasteiger partial charge in [-0.2, -0.15) is 0 Å². The number of nitrogens with zero attached hydrogens (tertiary/aromatic N) is 3. The van der Waals surface area contributed by atoms with Gasteiger partial charge in [0.1, 0.15) is 0 Å². The summed E-state index contributed by atoms with van der Waals surface area (Å²) in [5.41, 5.74) is 0.656. The molecule has 3 aliphatic rings. The molecule has 3 heterocycles. The number of nitrogens with one attached hydrogen (secondary N) is 2. The predicted molar refractivity (Wildman–Crippen MR) is 111 cm³/mol. The average Bonchev–Trinajstić information content (AvgIpc) is 2.64. The molecule has 0 spiro atoms. The van der Waals surface area contributed by atoms with E-state index in [-0.39, 0.29) is 12.1 Å². The molecular formula is C19H27Cl2N5O2. The summed E-state index contributed by atoms with van der Waals surface area (Å²) in [4.78, 5) is 19.3. The second-order valence-corrected chi connectivity index (χ2v) is 8.46. The van der Waals surface area contributed by atoms with Gasteiger partial charge in [-0.25, -0.2) is 4.79 Å². The van der Waals surface area contributed by atoms with Crippen molar-refractivity contribution in [3.05, 3.63) is 28.2 Å². The Balaban J connectivity index is 1.21. The van der Waals surface area contributed by atoms with Crippen molar-refractivity contribution in [2.75, 3.05) is 70.8 Å². The van der Waals surface area contributed by atoms with Crippen LogP contribution in [0.4, 0.5) is 10.5 Å². The molecule has 0 saturated carbocycles. The minimum absolute atomic E-state index is 0.101. The number of carbonyl (C=O) groups excluding carboxylic acids is 1. The summed E-state index contributed by atoms with van der Waals surface area (Å²) >= 11 is 11.9. The highest BCUT2D eigenvalue weighted by atomic mass is 35.5. The SMILES string of the molecule is O=C(Nc1ccc(Cl)c(Cl)c1)N1CCN(C[C@H]2CN(C3CNC3)CCO2)CC1. The number of urea groups is 1. The van der Waals surface area contributed by atoms with E-state index in [2.05, 4.69) is 20.4 Å². The van der Waals surface area contributed by atoms with Crippen LogP contribution in [0, 0.1) is 0 Å². The quantitative estimate of drug-likeness (QED) is 0.767. The van der Waals surface area contributed by atoms with Gasteiger partial charge in [-0.15, -0.1) is 0 Å². The Bertz CT molecular complexity index is 695. The van der Waals surface area contributed by atoms with Crippen molar-refractivity contribution in [2.45, 2.75) is 12.1 Å². The first-order valence-corrected chi connectivity index (χ1v) is 10.6. The van der Waals surface area contributed by atoms with E-state index in [1.54, 1.807) is 18.2 Å². The summed E-state index contributed by atoms with van der Waals surface area (Å²) in [7, 11) is 0. The first kappa shape index (κ1) is 20.2. The second kappa shape index (κ2) is 9.15. The number of hydrogen-bond acceptors (Lipinski definition) is 5. The lowest BCUT2D eigenvalue weighted by molar-refractivity contribution is -0.0648. The van der Waals surface area contributed by atoms with E-state index < -0.39 is 0 Å². The number of hydrogen-bond donors (Lipinski definition) is 2. The van der Waals surface area contributed by atoms with Gasteiger partial charge in [0.2, 0.25) is 0 Å². The van der Waals surface area contributed by atoms with E-state index in [4.69, 9.17) is 27.9 Å². The maximum absolute atomic E-state index is 12.5. The summed E-state index contributed by atoms with van der Waals surface area (Å²) in [5.74, 6) is 0. The third kappa shape index (κ3) is 4.90. The van der Waals surface area contributed by atoms with E-state index in [0.29, 0.717) is 34.9 Å². The molecule has 0 aromatic heterocycles. The molecule has 9 heteroatoms. The van der Waals surface area contributed by atoms with Gasteiger partial charge in [-0.1, -0.05) is 23.2 Å². The molecule has 2 N–H and O–H groups in total. The summed E-state index contributed by atoms with van der Waals surface area (Å²) in [5, 5.41) is 7.15. The monoisotopic (exact) mass is 427 g/mol. The minimum atomic E-state index is -0.101. The van der Waals surface area contributed by atoms with Crippen molar-refractivity contribution in [1.29, 1.82) is 0 Å². The lowest BCUT2D eigenvalue weighted by Crippen LogP contribution is -2.62. The number of amides is 2. The molecule has 3 aliphatic heterocycles. The maximum Gasteiger partial charge on any atom is 0.321 e. The Labute approximate surface area is 175 Å². The van der Waals surface area contributed by atoms with E-state index in [1.807, 2.05) is 4.90 Å². The van der Waals surface area contributed by atoms with Crippen LogP contribution in [0.15, 0.2) is 18.2 Å². The molecule has 0 aliphatic carbocycles. The third-order valence-electron chi connectivity index (χ3n) is 5.74. The molecule has 1 atom stereocenters. The molecule has 0 bridgehead atoms. The van der Waals surface area contributed by atoms with Gasteiger partial charge in [0.25, 0.3) is 0 Å². The van der Waals surface area contributed by atoms with E-state index in [9.17, 15) is 4.79 Å². The average molecular weight is 428 g/mol. The van der Waals surface area contributed by atoms with Crippen molar-refractivity contribution < 1.29 is 9.53 Å². The summed E-state index contributed by atoms with van der Waals surface area (Å²) < 4.78 is 5.98. The van der Waals surface area contributed by atoms with E-state index in [0.717, 1.165) is 52.4 Å². The Morgan fingerprint density at radius 2 is 1.93 bits per heavy atom. The van der Waals surface area contributed by atoms with Crippen LogP contribution in [0.2, 0.25) is 10.0 Å². The normalized spacial score (nSPS) is 24.8. The van der Waals surface area contributed by atoms with Crippen molar-refractivity contribution >= 4 is 34.9 Å². The van der Waals surface area contributed by atoms with Gasteiger partial charge < -0.3 is 20.3 Å². The topological polar surface area (TPSA) is 60.1 Å². The molecule has 3 saturated heterocycles. The molecule has 1 aromatic rings. The molecule has 0 unspecified atom stereocenters. The van der Waals surface area contributed by atoms with Gasteiger partial charge in [0.15, 0.2) is 0 Å². The Morgan fingerprint density at radius 3 is 2.61 bits per heavy atom. The van der Waals surface area contributed by atoms with Crippen LogP contribution in [0.5, 0.6) is 0 Å². The van der Waals surface area contributed by atoms with Crippen molar-refractivity contribution in [3.8, 4) is 0 Å². The highest BCUT2D eigenvalue weighted by Crippen LogP contribution is 2.25. The van der Waals surface area contributed by atoms with Crippen molar-refractivity contribution in [1.82, 2.24) is 20.0 Å². The van der Waals surface area contributed by atoms with Crippen molar-refractivity contribution in [3.63, 3.8) is 0 Å². The molecule has 28 heavy (non-hydrogen) atoms. The van der Waals surface area contributed by atoms with Gasteiger partial charge >= 0.3 is 6.03 Å². The van der Waals surface area contributed by atoms with E-state index >= 15 is 0 Å². The Hall–Kier alpha value is -1.09. The fraction of sp³-hybridized carbons (Fsp3) is 0.632. The van der Waals surface area contributed by atoms with Crippen LogP contribution < -0.4 is 10.6 Å². The first-order valence-electron chi connectivity index (χ1n) is 9.88. The number of rotatable bonds is 4. The number of morpholine rings is 1. The molecule has 7 nitrogen and oxygen atoms in total. The van der Waals surface area contributed by atoms with Crippen LogP contribution in [0.25, 0.3) is 0 Å². The minimum Gasteiger partial charge on any atom is -0.374 e. The smallest absolute Gasteiger partial charge is 0.321 e. The van der Waals surface area contributed by atoms with Gasteiger partial charge in [0, 0.05) is 70.6 Å². The van der Waals surface area contributed by atoms with Crippen LogP contribution in [0.1, 0.15) is 0 Å². The third-order valence-corrected chi connectivity index (χ3v) is 6.48. The second-order valence-electron chi connectivity index (χ2n) is 7.65. The number of benzene rings is 1.